The smallest absolute Gasteiger partial charge is 0.227 e. The van der Waals surface area contributed by atoms with Crippen LogP contribution in [0.5, 0.6) is 0 Å². The monoisotopic (exact) mass is 451 g/mol. The van der Waals surface area contributed by atoms with Crippen molar-refractivity contribution in [2.24, 2.45) is 0 Å². The standard InChI is InChI=1S/C23H29N7OS/c31-21(25-19-4-1-2-5-19)16-22-26-27-23(32-22)29-14-12-28(13-15-29)17-18-6-8-20(9-7-18)30-11-3-10-24-30/h3,6-11,19H,1-2,4-5,12-17H2,(H,25,31). The second-order valence-corrected chi connectivity index (χ2v) is 9.62. The Hall–Kier alpha value is -2.78. The molecule has 1 saturated heterocycles. The van der Waals surface area contributed by atoms with E-state index in [-0.39, 0.29) is 5.91 Å². The number of benzene rings is 1. The van der Waals surface area contributed by atoms with Crippen LogP contribution in [-0.2, 0) is 17.8 Å². The Morgan fingerprint density at radius 1 is 1.06 bits per heavy atom. The van der Waals surface area contributed by atoms with Gasteiger partial charge in [-0.05, 0) is 36.6 Å². The van der Waals surface area contributed by atoms with Crippen LogP contribution in [0.1, 0.15) is 36.3 Å². The summed E-state index contributed by atoms with van der Waals surface area (Å²) in [5.74, 6) is 0.0722. The van der Waals surface area contributed by atoms with E-state index in [1.807, 2.05) is 16.9 Å². The molecule has 3 aromatic rings. The topological polar surface area (TPSA) is 79.2 Å². The number of hydrogen-bond donors (Lipinski definition) is 1. The predicted molar refractivity (Wildman–Crippen MR) is 125 cm³/mol. The number of nitrogens with one attached hydrogen (secondary N) is 1. The lowest BCUT2D eigenvalue weighted by molar-refractivity contribution is -0.121. The molecule has 1 aromatic carbocycles. The number of anilines is 1. The van der Waals surface area contributed by atoms with E-state index in [0.717, 1.165) is 61.4 Å². The summed E-state index contributed by atoms with van der Waals surface area (Å²) in [6.45, 7) is 4.76. The highest BCUT2D eigenvalue weighted by Gasteiger charge is 2.22. The Balaban J connectivity index is 1.09. The van der Waals surface area contributed by atoms with E-state index in [2.05, 4.69) is 54.7 Å². The van der Waals surface area contributed by atoms with Crippen molar-refractivity contribution in [2.75, 3.05) is 31.1 Å². The Morgan fingerprint density at radius 2 is 1.84 bits per heavy atom. The first-order valence-corrected chi connectivity index (χ1v) is 12.2. The average molecular weight is 452 g/mol. The third kappa shape index (κ3) is 5.16. The number of hydrogen-bond acceptors (Lipinski definition) is 7. The zero-order chi connectivity index (χ0) is 21.8. The van der Waals surface area contributed by atoms with Crippen molar-refractivity contribution in [3.05, 3.63) is 53.3 Å². The SMILES string of the molecule is O=C(Cc1nnc(N2CCN(Cc3ccc(-n4cccn4)cc3)CC2)s1)NC1CCCC1. The lowest BCUT2D eigenvalue weighted by atomic mass is 10.2. The van der Waals surface area contributed by atoms with Crippen molar-refractivity contribution >= 4 is 22.4 Å². The second kappa shape index (κ2) is 9.79. The molecule has 2 aromatic heterocycles. The minimum absolute atomic E-state index is 0.0722. The van der Waals surface area contributed by atoms with Crippen molar-refractivity contribution in [3.8, 4) is 5.69 Å². The van der Waals surface area contributed by atoms with Gasteiger partial charge in [0.25, 0.3) is 0 Å². The molecule has 0 atom stereocenters. The van der Waals surface area contributed by atoms with Crippen molar-refractivity contribution in [1.29, 1.82) is 0 Å². The van der Waals surface area contributed by atoms with E-state index in [0.29, 0.717) is 12.5 Å². The van der Waals surface area contributed by atoms with Gasteiger partial charge in [0.15, 0.2) is 0 Å². The molecule has 0 spiro atoms. The molecule has 168 valence electrons. The van der Waals surface area contributed by atoms with E-state index >= 15 is 0 Å². The van der Waals surface area contributed by atoms with Crippen LogP contribution in [-0.4, -0.2) is 63.0 Å². The van der Waals surface area contributed by atoms with Gasteiger partial charge in [-0.3, -0.25) is 9.69 Å². The first kappa shape index (κ1) is 21.1. The van der Waals surface area contributed by atoms with Gasteiger partial charge in [-0.15, -0.1) is 10.2 Å². The largest absolute Gasteiger partial charge is 0.353 e. The zero-order valence-corrected chi connectivity index (χ0v) is 19.0. The Bertz CT molecular complexity index is 1000. The quantitative estimate of drug-likeness (QED) is 0.595. The molecule has 3 heterocycles. The van der Waals surface area contributed by atoms with Crippen LogP contribution in [0, 0.1) is 0 Å². The van der Waals surface area contributed by atoms with Crippen molar-refractivity contribution < 1.29 is 4.79 Å². The second-order valence-electron chi connectivity index (χ2n) is 8.58. The van der Waals surface area contributed by atoms with Crippen LogP contribution in [0.25, 0.3) is 5.69 Å². The summed E-state index contributed by atoms with van der Waals surface area (Å²) in [5, 5.41) is 17.8. The van der Waals surface area contributed by atoms with Gasteiger partial charge in [0.1, 0.15) is 5.01 Å². The first-order chi connectivity index (χ1) is 15.7. The highest BCUT2D eigenvalue weighted by molar-refractivity contribution is 7.15. The maximum atomic E-state index is 12.3. The van der Waals surface area contributed by atoms with Gasteiger partial charge >= 0.3 is 0 Å². The van der Waals surface area contributed by atoms with Crippen molar-refractivity contribution in [1.82, 2.24) is 30.2 Å². The third-order valence-corrected chi connectivity index (χ3v) is 7.23. The predicted octanol–water partition coefficient (Wildman–Crippen LogP) is 2.65. The van der Waals surface area contributed by atoms with Crippen molar-refractivity contribution in [3.63, 3.8) is 0 Å². The number of amides is 1. The fourth-order valence-corrected chi connectivity index (χ4v) is 5.35. The highest BCUT2D eigenvalue weighted by atomic mass is 32.1. The van der Waals surface area contributed by atoms with Crippen LogP contribution in [0.2, 0.25) is 0 Å². The van der Waals surface area contributed by atoms with Crippen molar-refractivity contribution in [2.45, 2.75) is 44.7 Å². The van der Waals surface area contributed by atoms with Gasteiger partial charge in [0, 0.05) is 51.2 Å². The third-order valence-electron chi connectivity index (χ3n) is 6.24. The molecule has 1 N–H and O–H groups in total. The number of carbonyl (C=O) groups excluding carboxylic acids is 1. The fourth-order valence-electron chi connectivity index (χ4n) is 4.46. The summed E-state index contributed by atoms with van der Waals surface area (Å²) in [5.41, 5.74) is 2.38. The first-order valence-electron chi connectivity index (χ1n) is 11.4. The molecule has 1 saturated carbocycles. The highest BCUT2D eigenvalue weighted by Crippen LogP contribution is 2.23. The molecule has 2 aliphatic rings. The molecule has 0 radical (unpaired) electrons. The van der Waals surface area contributed by atoms with Gasteiger partial charge in [0.2, 0.25) is 11.0 Å². The van der Waals surface area contributed by atoms with Gasteiger partial charge in [-0.2, -0.15) is 5.10 Å². The van der Waals surface area contributed by atoms with Gasteiger partial charge in [-0.25, -0.2) is 4.68 Å². The van der Waals surface area contributed by atoms with Crippen LogP contribution < -0.4 is 10.2 Å². The zero-order valence-electron chi connectivity index (χ0n) is 18.2. The van der Waals surface area contributed by atoms with Gasteiger partial charge < -0.3 is 10.2 Å². The molecule has 0 unspecified atom stereocenters. The summed E-state index contributed by atoms with van der Waals surface area (Å²) in [4.78, 5) is 17.0. The molecule has 1 amide bonds. The summed E-state index contributed by atoms with van der Waals surface area (Å²) < 4.78 is 1.87. The van der Waals surface area contributed by atoms with Crippen LogP contribution in [0.4, 0.5) is 5.13 Å². The number of nitrogens with zero attached hydrogens (tertiary/aromatic N) is 6. The molecule has 1 aliphatic carbocycles. The number of aromatic nitrogens is 4. The number of carbonyl (C=O) groups is 1. The summed E-state index contributed by atoms with van der Waals surface area (Å²) in [6, 6.07) is 10.9. The van der Waals surface area contributed by atoms with Crippen LogP contribution in [0.3, 0.4) is 0 Å². The lowest BCUT2D eigenvalue weighted by Gasteiger charge is -2.34. The Kier molecular flexibility index (Phi) is 6.45. The van der Waals surface area contributed by atoms with Gasteiger partial charge in [-0.1, -0.05) is 36.3 Å². The van der Waals surface area contributed by atoms with E-state index in [9.17, 15) is 4.79 Å². The molecule has 8 nitrogen and oxygen atoms in total. The summed E-state index contributed by atoms with van der Waals surface area (Å²) in [6.07, 6.45) is 8.72. The minimum Gasteiger partial charge on any atom is -0.353 e. The minimum atomic E-state index is 0.0722. The molecule has 2 fully saturated rings. The number of rotatable bonds is 7. The fraction of sp³-hybridized carbons (Fsp3) is 0.478. The van der Waals surface area contributed by atoms with E-state index in [1.165, 1.54) is 18.4 Å². The average Bonchev–Trinajstić information content (AvgIpc) is 3.58. The van der Waals surface area contributed by atoms with Gasteiger partial charge in [0.05, 0.1) is 12.1 Å². The normalized spacial score (nSPS) is 17.7. The van der Waals surface area contributed by atoms with E-state index < -0.39 is 0 Å². The Labute approximate surface area is 192 Å². The molecule has 1 aliphatic heterocycles. The lowest BCUT2D eigenvalue weighted by Crippen LogP contribution is -2.45. The summed E-state index contributed by atoms with van der Waals surface area (Å²) >= 11 is 1.55. The summed E-state index contributed by atoms with van der Waals surface area (Å²) in [7, 11) is 0. The van der Waals surface area contributed by atoms with Crippen LogP contribution in [0.15, 0.2) is 42.7 Å². The number of piperazine rings is 1. The Morgan fingerprint density at radius 3 is 2.56 bits per heavy atom. The molecule has 9 heteroatoms. The molecule has 32 heavy (non-hydrogen) atoms. The van der Waals surface area contributed by atoms with E-state index in [4.69, 9.17) is 0 Å². The molecular formula is C23H29N7OS. The van der Waals surface area contributed by atoms with Crippen LogP contribution >= 0.6 is 11.3 Å². The molecule has 5 rings (SSSR count). The molecular weight excluding hydrogens is 422 g/mol. The maximum Gasteiger partial charge on any atom is 0.227 e. The maximum absolute atomic E-state index is 12.3. The molecule has 0 bridgehead atoms. The van der Waals surface area contributed by atoms with E-state index in [1.54, 1.807) is 17.5 Å².